The van der Waals surface area contributed by atoms with Gasteiger partial charge in [-0.3, -0.25) is 9.36 Å². The van der Waals surface area contributed by atoms with Crippen LogP contribution >= 0.6 is 34.5 Å². The molecule has 0 bridgehead atoms. The van der Waals surface area contributed by atoms with E-state index in [4.69, 9.17) is 33.7 Å². The van der Waals surface area contributed by atoms with Crippen LogP contribution in [-0.2, 0) is 9.53 Å². The highest BCUT2D eigenvalue weighted by molar-refractivity contribution is 7.07. The first-order valence-corrected chi connectivity index (χ1v) is 11.5. The van der Waals surface area contributed by atoms with Gasteiger partial charge in [0.15, 0.2) is 0 Å². The Morgan fingerprint density at radius 3 is 2.52 bits per heavy atom. The first kappa shape index (κ1) is 22.9. The van der Waals surface area contributed by atoms with Gasteiger partial charge < -0.3 is 10.5 Å². The summed E-state index contributed by atoms with van der Waals surface area (Å²) < 4.78 is 7.06. The van der Waals surface area contributed by atoms with Gasteiger partial charge >= 0.3 is 5.97 Å². The zero-order valence-corrected chi connectivity index (χ0v) is 19.7. The lowest BCUT2D eigenvalue weighted by Crippen LogP contribution is -2.40. The van der Waals surface area contributed by atoms with Gasteiger partial charge in [0.2, 0.25) is 0 Å². The van der Waals surface area contributed by atoms with E-state index in [0.717, 1.165) is 11.3 Å². The van der Waals surface area contributed by atoms with Gasteiger partial charge in [-0.15, -0.1) is 11.3 Å². The molecule has 33 heavy (non-hydrogen) atoms. The number of halogens is 2. The number of rotatable bonds is 4. The van der Waals surface area contributed by atoms with E-state index in [1.807, 2.05) is 0 Å². The average Bonchev–Trinajstić information content (AvgIpc) is 3.12. The summed E-state index contributed by atoms with van der Waals surface area (Å²) in [6.07, 6.45) is 1.64. The average molecular weight is 498 g/mol. The quantitative estimate of drug-likeness (QED) is 0.558. The molecule has 0 fully saturated rings. The second-order valence-electron chi connectivity index (χ2n) is 7.08. The van der Waals surface area contributed by atoms with Gasteiger partial charge in [-0.05, 0) is 36.3 Å². The van der Waals surface area contributed by atoms with Crippen LogP contribution in [0.25, 0.3) is 17.5 Å². The van der Waals surface area contributed by atoms with E-state index >= 15 is 0 Å². The summed E-state index contributed by atoms with van der Waals surface area (Å²) in [5.74, 6) is -1.69. The lowest BCUT2D eigenvalue weighted by Gasteiger charge is -2.25. The predicted octanol–water partition coefficient (Wildman–Crippen LogP) is 3.21. The van der Waals surface area contributed by atoms with Crippen molar-refractivity contribution in [3.05, 3.63) is 94.8 Å². The second-order valence-corrected chi connectivity index (χ2v) is 8.92. The van der Waals surface area contributed by atoms with E-state index in [1.165, 1.54) is 4.57 Å². The number of esters is 1. The van der Waals surface area contributed by atoms with E-state index in [9.17, 15) is 14.9 Å². The number of hydrogen-bond donors (Lipinski definition) is 1. The molecule has 2 heterocycles. The Morgan fingerprint density at radius 1 is 1.21 bits per heavy atom. The fraction of sp³-hybridized carbons (Fsp3) is 0.125. The molecular weight excluding hydrogens is 481 g/mol. The maximum Gasteiger partial charge on any atom is 0.338 e. The van der Waals surface area contributed by atoms with Gasteiger partial charge in [-0.25, -0.2) is 4.79 Å². The monoisotopic (exact) mass is 497 g/mol. The van der Waals surface area contributed by atoms with E-state index < -0.39 is 17.4 Å². The Morgan fingerprint density at radius 2 is 1.88 bits per heavy atom. The lowest BCUT2D eigenvalue weighted by atomic mass is 9.84. The Hall–Kier alpha value is -3.31. The van der Waals surface area contributed by atoms with Crippen LogP contribution in [0.15, 0.2) is 58.9 Å². The molecule has 2 aromatic carbocycles. The van der Waals surface area contributed by atoms with Crippen LogP contribution in [0.3, 0.4) is 0 Å². The molecule has 1 atom stereocenters. The number of carbonyl (C=O) groups excluding carboxylic acids is 1. The highest BCUT2D eigenvalue weighted by atomic mass is 35.5. The third-order valence-electron chi connectivity index (χ3n) is 5.17. The Kier molecular flexibility index (Phi) is 6.43. The molecule has 1 aliphatic rings. The summed E-state index contributed by atoms with van der Waals surface area (Å²) in [6, 6.07) is 16.1. The smallest absolute Gasteiger partial charge is 0.338 e. The number of benzene rings is 2. The van der Waals surface area contributed by atoms with Gasteiger partial charge in [-0.1, -0.05) is 59.6 Å². The van der Waals surface area contributed by atoms with E-state index in [1.54, 1.807) is 61.5 Å². The van der Waals surface area contributed by atoms with Crippen LogP contribution in [0, 0.1) is 11.3 Å². The molecule has 1 aromatic heterocycles. The van der Waals surface area contributed by atoms with Crippen molar-refractivity contribution in [1.29, 1.82) is 5.26 Å². The summed E-state index contributed by atoms with van der Waals surface area (Å²) in [6.45, 7) is 1.76. The van der Waals surface area contributed by atoms with Crippen molar-refractivity contribution in [1.82, 2.24) is 4.57 Å². The Balaban J connectivity index is 2.11. The Labute approximate surface area is 203 Å². The molecule has 0 spiro atoms. The van der Waals surface area contributed by atoms with Gasteiger partial charge in [0.1, 0.15) is 10.5 Å². The normalized spacial score (nSPS) is 15.9. The fourth-order valence-electron chi connectivity index (χ4n) is 3.71. The number of nitrogens with two attached hydrogens (primary N) is 1. The highest BCUT2D eigenvalue weighted by Crippen LogP contribution is 2.39. The summed E-state index contributed by atoms with van der Waals surface area (Å²) in [7, 11) is 0. The van der Waals surface area contributed by atoms with Crippen molar-refractivity contribution in [3.63, 3.8) is 0 Å². The van der Waals surface area contributed by atoms with E-state index in [0.29, 0.717) is 30.4 Å². The van der Waals surface area contributed by atoms with E-state index in [-0.39, 0.29) is 23.6 Å². The minimum Gasteiger partial charge on any atom is -0.463 e. The number of fused-ring (bicyclic) bond motifs is 1. The zero-order valence-electron chi connectivity index (χ0n) is 17.3. The predicted molar refractivity (Wildman–Crippen MR) is 130 cm³/mol. The maximum atomic E-state index is 13.3. The van der Waals surface area contributed by atoms with Crippen molar-refractivity contribution in [2.24, 2.45) is 5.73 Å². The van der Waals surface area contributed by atoms with Crippen LogP contribution in [0.4, 0.5) is 0 Å². The molecule has 1 aliphatic heterocycles. The number of ether oxygens (including phenoxy) is 1. The number of aromatic nitrogens is 1. The van der Waals surface area contributed by atoms with Crippen molar-refractivity contribution in [2.45, 2.75) is 12.8 Å². The summed E-state index contributed by atoms with van der Waals surface area (Å²) in [5.41, 5.74) is 7.28. The number of nitrogens with zero attached hydrogens (tertiary/aromatic N) is 2. The molecule has 0 saturated heterocycles. The molecule has 9 heteroatoms. The van der Waals surface area contributed by atoms with Crippen LogP contribution in [-0.4, -0.2) is 17.1 Å². The minimum absolute atomic E-state index is 0.00167. The van der Waals surface area contributed by atoms with Crippen molar-refractivity contribution in [2.75, 3.05) is 6.61 Å². The summed E-state index contributed by atoms with van der Waals surface area (Å²) in [4.78, 5) is 26.3. The molecule has 6 nitrogen and oxygen atoms in total. The largest absolute Gasteiger partial charge is 0.463 e. The van der Waals surface area contributed by atoms with Crippen LogP contribution < -0.4 is 20.5 Å². The number of thiazole rings is 1. The van der Waals surface area contributed by atoms with Crippen molar-refractivity contribution >= 4 is 58.0 Å². The van der Waals surface area contributed by atoms with E-state index in [2.05, 4.69) is 6.07 Å². The third-order valence-corrected chi connectivity index (χ3v) is 6.97. The summed E-state index contributed by atoms with van der Waals surface area (Å²) in [5, 5.41) is 11.0. The van der Waals surface area contributed by atoms with Gasteiger partial charge in [0.05, 0.1) is 34.3 Å². The zero-order chi connectivity index (χ0) is 23.7. The molecule has 0 aliphatic carbocycles. The molecule has 3 aromatic rings. The second kappa shape index (κ2) is 9.28. The molecule has 0 unspecified atom stereocenters. The number of hydrogen-bond acceptors (Lipinski definition) is 6. The first-order valence-electron chi connectivity index (χ1n) is 9.93. The lowest BCUT2D eigenvalue weighted by molar-refractivity contribution is -0.138. The van der Waals surface area contributed by atoms with Crippen molar-refractivity contribution in [3.8, 4) is 6.07 Å². The highest BCUT2D eigenvalue weighted by Gasteiger charge is 2.37. The maximum absolute atomic E-state index is 13.3. The van der Waals surface area contributed by atoms with Crippen LogP contribution in [0.5, 0.6) is 0 Å². The molecule has 4 rings (SSSR count). The first-order chi connectivity index (χ1) is 15.9. The molecule has 0 saturated carbocycles. The van der Waals surface area contributed by atoms with Crippen LogP contribution in [0.2, 0.25) is 10.0 Å². The van der Waals surface area contributed by atoms with Gasteiger partial charge in [0.25, 0.3) is 5.56 Å². The van der Waals surface area contributed by atoms with Crippen molar-refractivity contribution < 1.29 is 9.53 Å². The third kappa shape index (κ3) is 3.98. The molecular formula is C24H17Cl2N3O3S. The molecule has 166 valence electrons. The number of carbonyl (C=O) groups is 1. The van der Waals surface area contributed by atoms with Gasteiger partial charge in [-0.2, -0.15) is 5.26 Å². The summed E-state index contributed by atoms with van der Waals surface area (Å²) >= 11 is 13.8. The van der Waals surface area contributed by atoms with Gasteiger partial charge in [0, 0.05) is 10.0 Å². The number of nitriles is 1. The SMILES string of the molecule is CCOC(=O)C1=C(N)n2c(s/c(=C/c3ccccc3Cl)c2=O)=C(C#N)[C@H]1c1ccccc1Cl. The minimum atomic E-state index is -0.881. The topological polar surface area (TPSA) is 98.1 Å². The molecule has 2 N–H and O–H groups in total. The van der Waals surface area contributed by atoms with Crippen LogP contribution in [0.1, 0.15) is 24.0 Å². The Bertz CT molecular complexity index is 1530. The standard InChI is InChI=1S/C24H17Cl2N3O3S/c1-2-32-24(31)20-19(14-8-4-6-10-17(14)26)15(12-27)23-29(21(20)28)22(30)18(33-23)11-13-7-3-5-9-16(13)25/h3-11,19H,2,28H2,1H3/b18-11+/t19-/m1/s1. The molecule has 0 radical (unpaired) electrons. The fourth-order valence-corrected chi connectivity index (χ4v) is 5.27. The molecule has 0 amide bonds.